The Morgan fingerprint density at radius 3 is 1.61 bits per heavy atom. The number of nitrogens with one attached hydrogen (secondary N) is 2. The van der Waals surface area contributed by atoms with Crippen LogP contribution in [0.5, 0.6) is 11.5 Å². The van der Waals surface area contributed by atoms with Crippen LogP contribution in [0, 0.1) is 0 Å². The lowest BCUT2D eigenvalue weighted by molar-refractivity contribution is -0.0712. The van der Waals surface area contributed by atoms with E-state index < -0.39 is 5.79 Å². The average molecular weight is 545 g/mol. The Balaban J connectivity index is 1.07. The number of fused-ring (bicyclic) bond motifs is 3. The molecule has 0 amide bonds. The lowest BCUT2D eigenvalue weighted by atomic mass is 9.94. The molecule has 41 heavy (non-hydrogen) atoms. The molecule has 208 valence electrons. The van der Waals surface area contributed by atoms with Crippen LogP contribution in [-0.4, -0.2) is 42.4 Å². The maximum atomic E-state index is 6.81. The molecule has 9 rings (SSSR count). The molecule has 3 aromatic rings. The largest absolute Gasteiger partial charge is 0.448 e. The number of hydrogen-bond donors (Lipinski definition) is 2. The van der Waals surface area contributed by atoms with E-state index in [1.54, 1.807) is 0 Å². The summed E-state index contributed by atoms with van der Waals surface area (Å²) in [5.41, 5.74) is 12.0. The Bertz CT molecular complexity index is 1510. The highest BCUT2D eigenvalue weighted by Crippen LogP contribution is 2.55. The van der Waals surface area contributed by atoms with Gasteiger partial charge in [-0.05, 0) is 110 Å². The summed E-state index contributed by atoms with van der Waals surface area (Å²) < 4.78 is 13.6. The van der Waals surface area contributed by atoms with Gasteiger partial charge in [0.05, 0.1) is 11.4 Å². The third kappa shape index (κ3) is 3.98. The molecule has 3 aromatic carbocycles. The third-order valence-electron chi connectivity index (χ3n) is 10.0. The first kappa shape index (κ1) is 24.2. The van der Waals surface area contributed by atoms with Gasteiger partial charge in [0.2, 0.25) is 0 Å². The fraction of sp³-hybridized carbons (Fsp3) is 0.429. The van der Waals surface area contributed by atoms with Crippen LogP contribution in [0.15, 0.2) is 58.5 Å². The normalized spacial score (nSPS) is 25.1. The summed E-state index contributed by atoms with van der Waals surface area (Å²) in [6.07, 6.45) is 10.9. The van der Waals surface area contributed by atoms with E-state index in [-0.39, 0.29) is 0 Å². The van der Waals surface area contributed by atoms with Gasteiger partial charge in [-0.1, -0.05) is 12.1 Å². The molecule has 1 aliphatic carbocycles. The smallest absolute Gasteiger partial charge is 0.251 e. The zero-order chi connectivity index (χ0) is 27.0. The molecule has 3 fully saturated rings. The van der Waals surface area contributed by atoms with Crippen LogP contribution < -0.4 is 20.1 Å². The molecule has 0 radical (unpaired) electrons. The van der Waals surface area contributed by atoms with Gasteiger partial charge in [0, 0.05) is 60.3 Å². The van der Waals surface area contributed by atoms with E-state index >= 15 is 0 Å². The Hall–Kier alpha value is -3.48. The molecular formula is C35H36N4O2. The minimum atomic E-state index is -0.532. The van der Waals surface area contributed by atoms with Gasteiger partial charge in [-0.25, -0.2) is 0 Å². The minimum Gasteiger partial charge on any atom is -0.448 e. The van der Waals surface area contributed by atoms with Gasteiger partial charge in [-0.2, -0.15) is 0 Å². The summed E-state index contributed by atoms with van der Waals surface area (Å²) in [4.78, 5) is 9.99. The number of ether oxygens (including phenoxy) is 2. The molecule has 6 aliphatic rings. The Labute approximate surface area is 241 Å². The van der Waals surface area contributed by atoms with Gasteiger partial charge in [0.1, 0.15) is 0 Å². The summed E-state index contributed by atoms with van der Waals surface area (Å²) in [5, 5.41) is 7.23. The molecule has 0 bridgehead atoms. The molecule has 6 nitrogen and oxygen atoms in total. The van der Waals surface area contributed by atoms with Crippen LogP contribution >= 0.6 is 0 Å². The molecule has 5 heterocycles. The van der Waals surface area contributed by atoms with Crippen molar-refractivity contribution in [2.24, 2.45) is 9.98 Å². The topological polar surface area (TPSA) is 67.2 Å². The highest BCUT2D eigenvalue weighted by atomic mass is 16.7. The molecular weight excluding hydrogens is 508 g/mol. The molecule has 2 saturated heterocycles. The summed E-state index contributed by atoms with van der Waals surface area (Å²) >= 11 is 0. The second-order valence-corrected chi connectivity index (χ2v) is 12.7. The fourth-order valence-corrected chi connectivity index (χ4v) is 7.86. The predicted octanol–water partition coefficient (Wildman–Crippen LogP) is 6.82. The van der Waals surface area contributed by atoms with E-state index in [1.807, 2.05) is 0 Å². The second-order valence-electron chi connectivity index (χ2n) is 12.7. The van der Waals surface area contributed by atoms with Crippen LogP contribution in [0.1, 0.15) is 62.5 Å². The molecule has 6 heteroatoms. The predicted molar refractivity (Wildman–Crippen MR) is 163 cm³/mol. The van der Waals surface area contributed by atoms with Gasteiger partial charge in [0.15, 0.2) is 11.5 Å². The first-order chi connectivity index (χ1) is 20.2. The number of rotatable bonds is 4. The monoisotopic (exact) mass is 544 g/mol. The Morgan fingerprint density at radius 2 is 1.15 bits per heavy atom. The van der Waals surface area contributed by atoms with Gasteiger partial charge < -0.3 is 20.1 Å². The number of benzene rings is 3. The third-order valence-corrected chi connectivity index (χ3v) is 10.0. The molecule has 2 atom stereocenters. The number of hydrogen-bond acceptors (Lipinski definition) is 6. The number of aliphatic imine (C=N–C) groups is 2. The van der Waals surface area contributed by atoms with Crippen molar-refractivity contribution in [1.29, 1.82) is 0 Å². The van der Waals surface area contributed by atoms with Crippen molar-refractivity contribution in [3.63, 3.8) is 0 Å². The van der Waals surface area contributed by atoms with E-state index in [0.29, 0.717) is 12.1 Å². The zero-order valence-corrected chi connectivity index (χ0v) is 23.5. The standard InChI is InChI=1S/C35H36N4O2/c1-2-14-35(13-1)40-33-25(21-7-11-27-23(17-21)19-31(38-27)29-5-3-15-36-29)9-10-26(34(33)41-35)22-8-12-28-24(18-22)20-32(39-28)30-6-4-16-37-30/h7-12,17-18,29-30,36-37H,1-6,13-16,19-20H2/t29-,30-/m0/s1. The lowest BCUT2D eigenvalue weighted by Gasteiger charge is -2.22. The van der Waals surface area contributed by atoms with E-state index in [9.17, 15) is 0 Å². The first-order valence-electron chi connectivity index (χ1n) is 15.6. The summed E-state index contributed by atoms with van der Waals surface area (Å²) in [6.45, 7) is 2.19. The van der Waals surface area contributed by atoms with Crippen LogP contribution in [-0.2, 0) is 12.8 Å². The quantitative estimate of drug-likeness (QED) is 0.378. The second kappa shape index (κ2) is 9.27. The van der Waals surface area contributed by atoms with Crippen molar-refractivity contribution in [2.45, 2.75) is 82.1 Å². The Kier molecular flexibility index (Phi) is 5.46. The molecule has 1 saturated carbocycles. The maximum Gasteiger partial charge on any atom is 0.251 e. The van der Waals surface area contributed by atoms with Crippen molar-refractivity contribution in [1.82, 2.24) is 10.6 Å². The average Bonchev–Trinajstić information content (AvgIpc) is 3.83. The van der Waals surface area contributed by atoms with Crippen molar-refractivity contribution in [3.05, 3.63) is 59.7 Å². The van der Waals surface area contributed by atoms with Crippen molar-refractivity contribution >= 4 is 22.8 Å². The lowest BCUT2D eigenvalue weighted by Crippen LogP contribution is -2.34. The molecule has 5 aliphatic heterocycles. The van der Waals surface area contributed by atoms with Gasteiger partial charge >= 0.3 is 0 Å². The van der Waals surface area contributed by atoms with Crippen molar-refractivity contribution < 1.29 is 9.47 Å². The molecule has 1 spiro atoms. The van der Waals surface area contributed by atoms with E-state index in [1.165, 1.54) is 59.4 Å². The minimum absolute atomic E-state index is 0.427. The van der Waals surface area contributed by atoms with Crippen LogP contribution in [0.3, 0.4) is 0 Å². The highest BCUT2D eigenvalue weighted by Gasteiger charge is 2.46. The van der Waals surface area contributed by atoms with Gasteiger partial charge in [-0.15, -0.1) is 0 Å². The van der Waals surface area contributed by atoms with Gasteiger partial charge in [-0.3, -0.25) is 9.98 Å². The molecule has 0 unspecified atom stereocenters. The van der Waals surface area contributed by atoms with Crippen LogP contribution in [0.4, 0.5) is 11.4 Å². The van der Waals surface area contributed by atoms with E-state index in [2.05, 4.69) is 59.2 Å². The maximum absolute atomic E-state index is 6.81. The van der Waals surface area contributed by atoms with Crippen LogP contribution in [0.25, 0.3) is 22.3 Å². The summed E-state index contributed by atoms with van der Waals surface area (Å²) in [5.74, 6) is 1.26. The van der Waals surface area contributed by atoms with Gasteiger partial charge in [0.25, 0.3) is 5.79 Å². The molecule has 2 N–H and O–H groups in total. The first-order valence-corrected chi connectivity index (χ1v) is 15.6. The highest BCUT2D eigenvalue weighted by molar-refractivity contribution is 6.00. The van der Waals surface area contributed by atoms with E-state index in [4.69, 9.17) is 19.5 Å². The van der Waals surface area contributed by atoms with Crippen LogP contribution in [0.2, 0.25) is 0 Å². The van der Waals surface area contributed by atoms with Crippen molar-refractivity contribution in [3.8, 4) is 33.8 Å². The van der Waals surface area contributed by atoms with E-state index in [0.717, 1.165) is 85.6 Å². The Morgan fingerprint density at radius 1 is 0.634 bits per heavy atom. The zero-order valence-electron chi connectivity index (χ0n) is 23.5. The summed E-state index contributed by atoms with van der Waals surface area (Å²) in [6, 6.07) is 18.8. The fourth-order valence-electron chi connectivity index (χ4n) is 7.86. The molecule has 0 aromatic heterocycles. The SMILES string of the molecule is c1cc2c(cc1-c1ccc(-c3ccc4c(c3)CC([C@@H]3CCCN3)=N4)c3c1OC1(CCCC1)O3)CC([C@@H]1CCCN1)=N2. The van der Waals surface area contributed by atoms with Crippen molar-refractivity contribution in [2.75, 3.05) is 13.1 Å². The number of nitrogens with zero attached hydrogens (tertiary/aromatic N) is 2. The summed E-state index contributed by atoms with van der Waals surface area (Å²) in [7, 11) is 0.